The SMILES string of the molecule is CCCc1ccccc1C(=O)NC(CSC)C(=O)O. The average molecular weight is 281 g/mol. The molecule has 0 aliphatic heterocycles. The van der Waals surface area contributed by atoms with Gasteiger partial charge in [0, 0.05) is 11.3 Å². The third-order valence-electron chi connectivity index (χ3n) is 2.72. The number of hydrogen-bond donors (Lipinski definition) is 2. The van der Waals surface area contributed by atoms with Gasteiger partial charge in [-0.05, 0) is 24.3 Å². The van der Waals surface area contributed by atoms with Gasteiger partial charge >= 0.3 is 5.97 Å². The standard InChI is InChI=1S/C14H19NO3S/c1-3-6-10-7-4-5-8-11(10)13(16)15-12(9-19-2)14(17)18/h4-5,7-8,12H,3,6,9H2,1-2H3,(H,15,16)(H,17,18). The summed E-state index contributed by atoms with van der Waals surface area (Å²) in [6.45, 7) is 2.04. The minimum Gasteiger partial charge on any atom is -0.480 e. The van der Waals surface area contributed by atoms with Crippen molar-refractivity contribution < 1.29 is 14.7 Å². The van der Waals surface area contributed by atoms with Crippen LogP contribution in [0.1, 0.15) is 29.3 Å². The molecule has 0 fully saturated rings. The van der Waals surface area contributed by atoms with Gasteiger partial charge in [0.15, 0.2) is 0 Å². The summed E-state index contributed by atoms with van der Waals surface area (Å²) in [5.74, 6) is -0.960. The third-order valence-corrected chi connectivity index (χ3v) is 3.38. The first kappa shape index (κ1) is 15.6. The van der Waals surface area contributed by atoms with Crippen molar-refractivity contribution in [1.82, 2.24) is 5.32 Å². The van der Waals surface area contributed by atoms with Crippen LogP contribution in [0.5, 0.6) is 0 Å². The molecule has 0 bridgehead atoms. The van der Waals surface area contributed by atoms with E-state index in [1.165, 1.54) is 11.8 Å². The van der Waals surface area contributed by atoms with Crippen LogP contribution in [0, 0.1) is 0 Å². The van der Waals surface area contributed by atoms with Crippen molar-refractivity contribution >= 4 is 23.6 Å². The van der Waals surface area contributed by atoms with Crippen LogP contribution in [-0.2, 0) is 11.2 Å². The first-order valence-corrected chi connectivity index (χ1v) is 7.60. The molecule has 0 aliphatic rings. The zero-order valence-electron chi connectivity index (χ0n) is 11.2. The maximum Gasteiger partial charge on any atom is 0.327 e. The second-order valence-corrected chi connectivity index (χ2v) is 5.14. The van der Waals surface area contributed by atoms with Gasteiger partial charge in [-0.15, -0.1) is 0 Å². The smallest absolute Gasteiger partial charge is 0.327 e. The molecule has 0 aromatic heterocycles. The Bertz CT molecular complexity index is 448. The molecule has 19 heavy (non-hydrogen) atoms. The van der Waals surface area contributed by atoms with Gasteiger partial charge in [0.1, 0.15) is 6.04 Å². The molecule has 0 saturated heterocycles. The van der Waals surface area contributed by atoms with Crippen molar-refractivity contribution in [2.75, 3.05) is 12.0 Å². The van der Waals surface area contributed by atoms with Crippen molar-refractivity contribution in [1.29, 1.82) is 0 Å². The summed E-state index contributed by atoms with van der Waals surface area (Å²) >= 11 is 1.39. The van der Waals surface area contributed by atoms with Crippen LogP contribution >= 0.6 is 11.8 Å². The fraction of sp³-hybridized carbons (Fsp3) is 0.429. The molecule has 0 aliphatic carbocycles. The molecule has 2 N–H and O–H groups in total. The van der Waals surface area contributed by atoms with E-state index in [2.05, 4.69) is 5.32 Å². The number of carbonyl (C=O) groups is 2. The van der Waals surface area contributed by atoms with Crippen LogP contribution in [0.25, 0.3) is 0 Å². The molecule has 1 amide bonds. The molecule has 0 spiro atoms. The van der Waals surface area contributed by atoms with Crippen molar-refractivity contribution in [3.05, 3.63) is 35.4 Å². The van der Waals surface area contributed by atoms with Crippen LogP contribution in [-0.4, -0.2) is 35.0 Å². The highest BCUT2D eigenvalue weighted by atomic mass is 32.2. The van der Waals surface area contributed by atoms with Gasteiger partial charge in [-0.2, -0.15) is 11.8 Å². The van der Waals surface area contributed by atoms with Crippen molar-refractivity contribution in [3.63, 3.8) is 0 Å². The number of aliphatic carboxylic acids is 1. The number of aryl methyl sites for hydroxylation is 1. The minimum absolute atomic E-state index is 0.314. The lowest BCUT2D eigenvalue weighted by Gasteiger charge is -2.15. The van der Waals surface area contributed by atoms with E-state index in [-0.39, 0.29) is 5.91 Å². The van der Waals surface area contributed by atoms with Crippen LogP contribution in [0.3, 0.4) is 0 Å². The number of carbonyl (C=O) groups excluding carboxylic acids is 1. The van der Waals surface area contributed by atoms with Gasteiger partial charge in [0.25, 0.3) is 5.91 Å². The Morgan fingerprint density at radius 1 is 1.37 bits per heavy atom. The molecular weight excluding hydrogens is 262 g/mol. The topological polar surface area (TPSA) is 66.4 Å². The summed E-state index contributed by atoms with van der Waals surface area (Å²) in [7, 11) is 0. The molecule has 0 heterocycles. The first-order chi connectivity index (χ1) is 9.10. The third kappa shape index (κ3) is 4.59. The summed E-state index contributed by atoms with van der Waals surface area (Å²) in [6, 6.07) is 6.47. The van der Waals surface area contributed by atoms with Crippen molar-refractivity contribution in [2.45, 2.75) is 25.8 Å². The molecule has 4 nitrogen and oxygen atoms in total. The molecule has 5 heteroatoms. The fourth-order valence-corrected chi connectivity index (χ4v) is 2.37. The van der Waals surface area contributed by atoms with Gasteiger partial charge in [-0.25, -0.2) is 4.79 Å². The molecule has 1 aromatic carbocycles. The van der Waals surface area contributed by atoms with Crippen LogP contribution in [0.2, 0.25) is 0 Å². The number of nitrogens with one attached hydrogen (secondary N) is 1. The normalized spacial score (nSPS) is 11.9. The van der Waals surface area contributed by atoms with E-state index in [0.717, 1.165) is 18.4 Å². The first-order valence-electron chi connectivity index (χ1n) is 6.20. The molecule has 0 radical (unpaired) electrons. The van der Waals surface area contributed by atoms with E-state index in [9.17, 15) is 9.59 Å². The Labute approximate surface area is 117 Å². The highest BCUT2D eigenvalue weighted by Gasteiger charge is 2.21. The maximum absolute atomic E-state index is 12.1. The summed E-state index contributed by atoms with van der Waals surface area (Å²) < 4.78 is 0. The van der Waals surface area contributed by atoms with E-state index < -0.39 is 12.0 Å². The summed E-state index contributed by atoms with van der Waals surface area (Å²) in [4.78, 5) is 23.2. The van der Waals surface area contributed by atoms with E-state index in [4.69, 9.17) is 5.11 Å². The fourth-order valence-electron chi connectivity index (χ4n) is 1.81. The average Bonchev–Trinajstić information content (AvgIpc) is 2.39. The number of benzene rings is 1. The van der Waals surface area contributed by atoms with Crippen LogP contribution in [0.4, 0.5) is 0 Å². The lowest BCUT2D eigenvalue weighted by atomic mass is 10.0. The Morgan fingerprint density at radius 3 is 2.63 bits per heavy atom. The van der Waals surface area contributed by atoms with Gasteiger partial charge in [-0.3, -0.25) is 4.79 Å². The molecule has 104 valence electrons. The largest absolute Gasteiger partial charge is 0.480 e. The zero-order chi connectivity index (χ0) is 14.3. The predicted octanol–water partition coefficient (Wildman–Crippen LogP) is 2.19. The Kier molecular flexibility index (Phi) is 6.42. The minimum atomic E-state index is -1.00. The molecule has 0 saturated carbocycles. The molecule has 1 aromatic rings. The quantitative estimate of drug-likeness (QED) is 0.804. The van der Waals surface area contributed by atoms with E-state index in [1.807, 2.05) is 25.3 Å². The Morgan fingerprint density at radius 2 is 2.05 bits per heavy atom. The van der Waals surface area contributed by atoms with Crippen LogP contribution in [0.15, 0.2) is 24.3 Å². The number of amides is 1. The van der Waals surface area contributed by atoms with Gasteiger partial charge in [0.05, 0.1) is 0 Å². The zero-order valence-corrected chi connectivity index (χ0v) is 12.0. The number of carboxylic acids is 1. The molecule has 1 unspecified atom stereocenters. The summed E-state index contributed by atoms with van der Waals surface area (Å²) in [5, 5.41) is 11.6. The maximum atomic E-state index is 12.1. The van der Waals surface area contributed by atoms with E-state index in [0.29, 0.717) is 11.3 Å². The monoisotopic (exact) mass is 281 g/mol. The number of hydrogen-bond acceptors (Lipinski definition) is 3. The number of rotatable bonds is 7. The van der Waals surface area contributed by atoms with Crippen LogP contribution < -0.4 is 5.32 Å². The highest BCUT2D eigenvalue weighted by Crippen LogP contribution is 2.11. The Hall–Kier alpha value is -1.49. The molecule has 1 atom stereocenters. The molecule has 1 rings (SSSR count). The number of carboxylic acid groups (broad SMARTS) is 1. The Balaban J connectivity index is 2.84. The number of thioether (sulfide) groups is 1. The lowest BCUT2D eigenvalue weighted by molar-refractivity contribution is -0.138. The van der Waals surface area contributed by atoms with E-state index >= 15 is 0 Å². The van der Waals surface area contributed by atoms with Gasteiger partial charge in [0.2, 0.25) is 0 Å². The second-order valence-electron chi connectivity index (χ2n) is 4.23. The summed E-state index contributed by atoms with van der Waals surface area (Å²) in [6.07, 6.45) is 3.56. The van der Waals surface area contributed by atoms with Gasteiger partial charge < -0.3 is 10.4 Å². The lowest BCUT2D eigenvalue weighted by Crippen LogP contribution is -2.42. The highest BCUT2D eigenvalue weighted by molar-refractivity contribution is 7.98. The predicted molar refractivity (Wildman–Crippen MR) is 77.7 cm³/mol. The summed E-state index contributed by atoms with van der Waals surface area (Å²) in [5.41, 5.74) is 1.52. The second kappa shape index (κ2) is 7.84. The van der Waals surface area contributed by atoms with Gasteiger partial charge in [-0.1, -0.05) is 31.5 Å². The van der Waals surface area contributed by atoms with E-state index in [1.54, 1.807) is 12.1 Å². The van der Waals surface area contributed by atoms with Crippen molar-refractivity contribution in [2.24, 2.45) is 0 Å². The molecular formula is C14H19NO3S. The van der Waals surface area contributed by atoms with Crippen molar-refractivity contribution in [3.8, 4) is 0 Å².